The van der Waals surface area contributed by atoms with Crippen molar-refractivity contribution in [3.8, 4) is 0 Å². The number of ether oxygens (including phenoxy) is 1. The number of benzene rings is 1. The lowest BCUT2D eigenvalue weighted by molar-refractivity contribution is -0.132. The maximum Gasteiger partial charge on any atom is 0.337 e. The molecule has 1 saturated heterocycles. The van der Waals surface area contributed by atoms with E-state index >= 15 is 0 Å². The molecule has 25 heavy (non-hydrogen) atoms. The molecule has 132 valence electrons. The van der Waals surface area contributed by atoms with Crippen molar-refractivity contribution in [2.45, 2.75) is 6.54 Å². The number of esters is 1. The number of halogens is 1. The van der Waals surface area contributed by atoms with Gasteiger partial charge >= 0.3 is 5.97 Å². The number of hydrogen-bond acceptors (Lipinski definition) is 5. The summed E-state index contributed by atoms with van der Waals surface area (Å²) in [6.45, 7) is 2.96. The molecule has 0 unspecified atom stereocenters. The molecule has 0 spiro atoms. The first-order valence-corrected chi connectivity index (χ1v) is 8.33. The molecule has 1 fully saturated rings. The van der Waals surface area contributed by atoms with Gasteiger partial charge in [0.2, 0.25) is 5.91 Å². The molecule has 0 atom stereocenters. The molecule has 0 aliphatic carbocycles. The first-order valence-electron chi connectivity index (χ1n) is 7.96. The zero-order valence-corrected chi connectivity index (χ0v) is 14.6. The van der Waals surface area contributed by atoms with Crippen LogP contribution in [0.15, 0.2) is 36.7 Å². The Kier molecular flexibility index (Phi) is 5.23. The van der Waals surface area contributed by atoms with Crippen molar-refractivity contribution in [2.24, 2.45) is 0 Å². The average Bonchev–Trinajstić information content (AvgIpc) is 3.06. The molecule has 1 aromatic heterocycles. The van der Waals surface area contributed by atoms with Gasteiger partial charge in [-0.3, -0.25) is 9.48 Å². The predicted molar refractivity (Wildman–Crippen MR) is 93.8 cm³/mol. The molecule has 1 aromatic carbocycles. The van der Waals surface area contributed by atoms with Crippen molar-refractivity contribution in [3.63, 3.8) is 0 Å². The second-order valence-electron chi connectivity index (χ2n) is 5.76. The second kappa shape index (κ2) is 7.57. The van der Waals surface area contributed by atoms with E-state index < -0.39 is 0 Å². The summed E-state index contributed by atoms with van der Waals surface area (Å²) in [6.07, 6.45) is 3.16. The third kappa shape index (κ3) is 4.11. The average molecular weight is 363 g/mol. The minimum Gasteiger partial charge on any atom is -0.465 e. The summed E-state index contributed by atoms with van der Waals surface area (Å²) in [5.74, 6) is -0.318. The third-order valence-corrected chi connectivity index (χ3v) is 4.38. The number of nitrogens with zero attached hydrogens (tertiary/aromatic N) is 4. The molecule has 0 saturated carbocycles. The van der Waals surface area contributed by atoms with Crippen LogP contribution in [-0.4, -0.2) is 59.8 Å². The van der Waals surface area contributed by atoms with Gasteiger partial charge in [0.1, 0.15) is 6.54 Å². The number of anilines is 1. The smallest absolute Gasteiger partial charge is 0.337 e. The summed E-state index contributed by atoms with van der Waals surface area (Å²) in [6, 6.07) is 7.30. The van der Waals surface area contributed by atoms with Crippen LogP contribution in [0, 0.1) is 0 Å². The predicted octanol–water partition coefficient (Wildman–Crippen LogP) is 1.67. The van der Waals surface area contributed by atoms with E-state index in [0.29, 0.717) is 23.7 Å². The van der Waals surface area contributed by atoms with Crippen molar-refractivity contribution in [1.82, 2.24) is 14.7 Å². The molecule has 8 heteroatoms. The Morgan fingerprint density at radius 3 is 2.40 bits per heavy atom. The van der Waals surface area contributed by atoms with Gasteiger partial charge < -0.3 is 14.5 Å². The Morgan fingerprint density at radius 1 is 1.16 bits per heavy atom. The van der Waals surface area contributed by atoms with E-state index in [0.717, 1.165) is 18.8 Å². The van der Waals surface area contributed by atoms with E-state index in [2.05, 4.69) is 10.00 Å². The normalized spacial score (nSPS) is 14.5. The zero-order valence-electron chi connectivity index (χ0n) is 13.9. The molecule has 3 rings (SSSR count). The van der Waals surface area contributed by atoms with Crippen LogP contribution in [0.5, 0.6) is 0 Å². The summed E-state index contributed by atoms with van der Waals surface area (Å²) in [5, 5.41) is 4.55. The van der Waals surface area contributed by atoms with Crippen molar-refractivity contribution < 1.29 is 14.3 Å². The molecule has 1 aliphatic heterocycles. The van der Waals surface area contributed by atoms with E-state index in [1.54, 1.807) is 23.0 Å². The number of rotatable bonds is 4. The topological polar surface area (TPSA) is 67.7 Å². The molecule has 2 aromatic rings. The highest BCUT2D eigenvalue weighted by Gasteiger charge is 2.21. The molecule has 0 N–H and O–H groups in total. The second-order valence-corrected chi connectivity index (χ2v) is 6.20. The van der Waals surface area contributed by atoms with Gasteiger partial charge in [-0.25, -0.2) is 4.79 Å². The van der Waals surface area contributed by atoms with Crippen LogP contribution in [0.1, 0.15) is 10.4 Å². The lowest BCUT2D eigenvalue weighted by atomic mass is 10.2. The maximum absolute atomic E-state index is 12.3. The minimum absolute atomic E-state index is 0.0282. The van der Waals surface area contributed by atoms with Crippen LogP contribution in [0.4, 0.5) is 5.69 Å². The molecule has 0 radical (unpaired) electrons. The van der Waals surface area contributed by atoms with Crippen LogP contribution in [0.3, 0.4) is 0 Å². The van der Waals surface area contributed by atoms with E-state index in [-0.39, 0.29) is 18.4 Å². The summed E-state index contributed by atoms with van der Waals surface area (Å²) < 4.78 is 6.24. The number of hydrogen-bond donors (Lipinski definition) is 0. The van der Waals surface area contributed by atoms with E-state index in [9.17, 15) is 9.59 Å². The van der Waals surface area contributed by atoms with Gasteiger partial charge in [0.15, 0.2) is 0 Å². The summed E-state index contributed by atoms with van der Waals surface area (Å²) >= 11 is 5.81. The quantitative estimate of drug-likeness (QED) is 0.774. The molecule has 1 aliphatic rings. The van der Waals surface area contributed by atoms with Crippen molar-refractivity contribution in [2.75, 3.05) is 38.2 Å². The zero-order chi connectivity index (χ0) is 17.8. The highest BCUT2D eigenvalue weighted by atomic mass is 35.5. The van der Waals surface area contributed by atoms with Gasteiger partial charge in [0, 0.05) is 38.1 Å². The van der Waals surface area contributed by atoms with Crippen LogP contribution in [-0.2, 0) is 16.1 Å². The molecule has 0 bridgehead atoms. The fraction of sp³-hybridized carbons (Fsp3) is 0.353. The molecule has 1 amide bonds. The van der Waals surface area contributed by atoms with E-state index in [4.69, 9.17) is 16.3 Å². The number of carbonyl (C=O) groups excluding carboxylic acids is 2. The van der Waals surface area contributed by atoms with Gasteiger partial charge in [-0.15, -0.1) is 0 Å². The third-order valence-electron chi connectivity index (χ3n) is 4.18. The van der Waals surface area contributed by atoms with E-state index in [1.165, 1.54) is 13.3 Å². The first-order chi connectivity index (χ1) is 12.1. The number of piperazine rings is 1. The van der Waals surface area contributed by atoms with Crippen LogP contribution >= 0.6 is 11.6 Å². The van der Waals surface area contributed by atoms with Crippen molar-refractivity contribution in [3.05, 3.63) is 47.2 Å². The highest BCUT2D eigenvalue weighted by molar-refractivity contribution is 6.30. The number of carbonyl (C=O) groups is 2. The van der Waals surface area contributed by atoms with Crippen LogP contribution in [0.25, 0.3) is 0 Å². The van der Waals surface area contributed by atoms with Gasteiger partial charge in [-0.05, 0) is 24.3 Å². The van der Waals surface area contributed by atoms with Crippen molar-refractivity contribution >= 4 is 29.2 Å². The Hall–Kier alpha value is -2.54. The lowest BCUT2D eigenvalue weighted by Crippen LogP contribution is -2.49. The van der Waals surface area contributed by atoms with Crippen LogP contribution < -0.4 is 4.90 Å². The Labute approximate surface area is 150 Å². The lowest BCUT2D eigenvalue weighted by Gasteiger charge is -2.36. The summed E-state index contributed by atoms with van der Waals surface area (Å²) in [7, 11) is 1.36. The van der Waals surface area contributed by atoms with Gasteiger partial charge in [-0.2, -0.15) is 5.10 Å². The van der Waals surface area contributed by atoms with Crippen LogP contribution in [0.2, 0.25) is 5.02 Å². The fourth-order valence-electron chi connectivity index (χ4n) is 2.80. The Balaban J connectivity index is 1.54. The monoisotopic (exact) mass is 362 g/mol. The van der Waals surface area contributed by atoms with Gasteiger partial charge in [-0.1, -0.05) is 11.6 Å². The molecule has 2 heterocycles. The van der Waals surface area contributed by atoms with Gasteiger partial charge in [0.25, 0.3) is 0 Å². The minimum atomic E-state index is -0.347. The SMILES string of the molecule is COC(=O)c1ccc(N2CCN(C(=O)Cn3cc(Cl)cn3)CC2)cc1. The molecular weight excluding hydrogens is 344 g/mol. The molecule has 7 nitrogen and oxygen atoms in total. The maximum atomic E-state index is 12.3. The number of amides is 1. The van der Waals surface area contributed by atoms with Crippen molar-refractivity contribution in [1.29, 1.82) is 0 Å². The standard InChI is InChI=1S/C17H19ClN4O3/c1-25-17(24)13-2-4-15(5-3-13)20-6-8-21(9-7-20)16(23)12-22-11-14(18)10-19-22/h2-5,10-11H,6-9,12H2,1H3. The van der Waals surface area contributed by atoms with E-state index in [1.807, 2.05) is 17.0 Å². The number of methoxy groups -OCH3 is 1. The Morgan fingerprint density at radius 2 is 1.84 bits per heavy atom. The number of aromatic nitrogens is 2. The highest BCUT2D eigenvalue weighted by Crippen LogP contribution is 2.18. The summed E-state index contributed by atoms with van der Waals surface area (Å²) in [5.41, 5.74) is 1.55. The molecular formula is C17H19ClN4O3. The summed E-state index contributed by atoms with van der Waals surface area (Å²) in [4.78, 5) is 27.8. The first kappa shape index (κ1) is 17.3. The van der Waals surface area contributed by atoms with Gasteiger partial charge in [0.05, 0.1) is 23.9 Å². The largest absolute Gasteiger partial charge is 0.465 e. The fourth-order valence-corrected chi connectivity index (χ4v) is 2.96. The Bertz CT molecular complexity index is 752.